The van der Waals surface area contributed by atoms with Crippen molar-refractivity contribution in [2.75, 3.05) is 0 Å². The monoisotopic (exact) mass is 322 g/mol. The van der Waals surface area contributed by atoms with Crippen LogP contribution in [0.3, 0.4) is 0 Å². The number of hydrogen-bond acceptors (Lipinski definition) is 0. The SMILES string of the molecule is CCCC/C(=C\C1CCCCC1)[Se]c1ccccc1. The molecule has 0 saturated heterocycles. The van der Waals surface area contributed by atoms with Crippen molar-refractivity contribution in [1.29, 1.82) is 0 Å². The zero-order valence-electron chi connectivity index (χ0n) is 12.1. The Bertz CT molecular complexity index is 374. The molecule has 0 nitrogen and oxygen atoms in total. The minimum atomic E-state index is 0.549. The topological polar surface area (TPSA) is 0 Å². The van der Waals surface area contributed by atoms with E-state index in [0.717, 1.165) is 5.92 Å². The summed E-state index contributed by atoms with van der Waals surface area (Å²) in [5, 5.41) is 0. The molecule has 19 heavy (non-hydrogen) atoms. The van der Waals surface area contributed by atoms with Crippen molar-refractivity contribution in [3.8, 4) is 0 Å². The van der Waals surface area contributed by atoms with Crippen LogP contribution in [-0.4, -0.2) is 15.0 Å². The van der Waals surface area contributed by atoms with Crippen LogP contribution in [0.25, 0.3) is 0 Å². The summed E-state index contributed by atoms with van der Waals surface area (Å²) >= 11 is 0.549. The zero-order chi connectivity index (χ0) is 13.3. The molecule has 0 aromatic heterocycles. The fourth-order valence-electron chi connectivity index (χ4n) is 2.72. The quantitative estimate of drug-likeness (QED) is 0.668. The fraction of sp³-hybridized carbons (Fsp3) is 0.556. The van der Waals surface area contributed by atoms with Crippen LogP contribution in [-0.2, 0) is 0 Å². The van der Waals surface area contributed by atoms with Crippen LogP contribution in [0.4, 0.5) is 0 Å². The van der Waals surface area contributed by atoms with Gasteiger partial charge in [0.1, 0.15) is 0 Å². The Hall–Kier alpha value is -0.521. The molecule has 0 heterocycles. The van der Waals surface area contributed by atoms with Crippen LogP contribution in [0.2, 0.25) is 0 Å². The van der Waals surface area contributed by atoms with Crippen molar-refractivity contribution in [1.82, 2.24) is 0 Å². The Morgan fingerprint density at radius 2 is 1.89 bits per heavy atom. The first-order valence-corrected chi connectivity index (χ1v) is 9.53. The molecule has 1 aromatic carbocycles. The van der Waals surface area contributed by atoms with Gasteiger partial charge in [0.15, 0.2) is 0 Å². The summed E-state index contributed by atoms with van der Waals surface area (Å²) in [4.78, 5) is 0. The van der Waals surface area contributed by atoms with Crippen molar-refractivity contribution >= 4 is 19.4 Å². The molecule has 1 heteroatoms. The van der Waals surface area contributed by atoms with Gasteiger partial charge in [-0.25, -0.2) is 0 Å². The summed E-state index contributed by atoms with van der Waals surface area (Å²) in [7, 11) is 0. The molecule has 0 radical (unpaired) electrons. The second kappa shape index (κ2) is 8.61. The van der Waals surface area contributed by atoms with E-state index in [2.05, 4.69) is 43.3 Å². The number of benzene rings is 1. The molecule has 1 fully saturated rings. The van der Waals surface area contributed by atoms with Crippen LogP contribution in [0.1, 0.15) is 58.3 Å². The van der Waals surface area contributed by atoms with E-state index in [-0.39, 0.29) is 0 Å². The molecule has 0 N–H and O–H groups in total. The van der Waals surface area contributed by atoms with Crippen molar-refractivity contribution in [2.24, 2.45) is 5.92 Å². The summed E-state index contributed by atoms with van der Waals surface area (Å²) in [6.45, 7) is 2.30. The summed E-state index contributed by atoms with van der Waals surface area (Å²) < 4.78 is 3.28. The number of hydrogen-bond donors (Lipinski definition) is 0. The number of allylic oxidation sites excluding steroid dienone is 2. The number of unbranched alkanes of at least 4 members (excludes halogenated alkanes) is 1. The molecule has 0 amide bonds. The molecule has 1 saturated carbocycles. The molecule has 0 aliphatic heterocycles. The summed E-state index contributed by atoms with van der Waals surface area (Å²) in [6.07, 6.45) is 13.9. The van der Waals surface area contributed by atoms with E-state index in [1.807, 2.05) is 0 Å². The van der Waals surface area contributed by atoms with Gasteiger partial charge in [-0.15, -0.1) is 0 Å². The maximum atomic E-state index is 2.65. The van der Waals surface area contributed by atoms with Crippen LogP contribution >= 0.6 is 0 Å². The van der Waals surface area contributed by atoms with Crippen molar-refractivity contribution < 1.29 is 0 Å². The normalized spacial score (nSPS) is 17.6. The molecular formula is C18H26Se. The van der Waals surface area contributed by atoms with E-state index in [1.165, 1.54) is 55.8 Å². The third-order valence-corrected chi connectivity index (χ3v) is 6.17. The molecule has 104 valence electrons. The average molecular weight is 321 g/mol. The molecule has 0 spiro atoms. The molecule has 0 atom stereocenters. The molecule has 2 rings (SSSR count). The molecule has 1 aliphatic rings. The predicted octanol–water partition coefficient (Wildman–Crippen LogP) is 4.67. The van der Waals surface area contributed by atoms with Gasteiger partial charge in [-0.3, -0.25) is 0 Å². The summed E-state index contributed by atoms with van der Waals surface area (Å²) in [5.74, 6) is 0.881. The van der Waals surface area contributed by atoms with Crippen LogP contribution in [0.5, 0.6) is 0 Å². The van der Waals surface area contributed by atoms with Gasteiger partial charge in [-0.05, 0) is 0 Å². The van der Waals surface area contributed by atoms with Crippen LogP contribution in [0.15, 0.2) is 40.9 Å². The van der Waals surface area contributed by atoms with E-state index >= 15 is 0 Å². The van der Waals surface area contributed by atoms with Gasteiger partial charge < -0.3 is 0 Å². The Balaban J connectivity index is 1.99. The standard InChI is InChI=1S/C18H26Se/c1-2-3-12-18(15-16-10-6-4-7-11-16)19-17-13-8-5-9-14-17/h5,8-9,13-16H,2-4,6-7,10-12H2,1H3/b18-15+. The first kappa shape index (κ1) is 14.9. The average Bonchev–Trinajstić information content (AvgIpc) is 2.47. The van der Waals surface area contributed by atoms with Gasteiger partial charge in [0.05, 0.1) is 0 Å². The van der Waals surface area contributed by atoms with Crippen molar-refractivity contribution in [2.45, 2.75) is 58.3 Å². The Morgan fingerprint density at radius 1 is 1.16 bits per heavy atom. The third kappa shape index (κ3) is 5.55. The van der Waals surface area contributed by atoms with E-state index in [9.17, 15) is 0 Å². The first-order valence-electron chi connectivity index (χ1n) is 7.82. The van der Waals surface area contributed by atoms with Crippen molar-refractivity contribution in [3.63, 3.8) is 0 Å². The Labute approximate surface area is 124 Å². The molecule has 1 aromatic rings. The van der Waals surface area contributed by atoms with Gasteiger partial charge in [0.2, 0.25) is 0 Å². The Morgan fingerprint density at radius 3 is 2.58 bits per heavy atom. The van der Waals surface area contributed by atoms with Gasteiger partial charge >= 0.3 is 125 Å². The van der Waals surface area contributed by atoms with E-state index in [4.69, 9.17) is 0 Å². The molecule has 0 unspecified atom stereocenters. The van der Waals surface area contributed by atoms with Gasteiger partial charge in [-0.1, -0.05) is 0 Å². The first-order chi connectivity index (χ1) is 9.38. The van der Waals surface area contributed by atoms with Gasteiger partial charge in [0, 0.05) is 0 Å². The van der Waals surface area contributed by atoms with E-state index in [1.54, 1.807) is 4.47 Å². The predicted molar refractivity (Wildman–Crippen MR) is 86.0 cm³/mol. The van der Waals surface area contributed by atoms with Crippen molar-refractivity contribution in [3.05, 3.63) is 40.9 Å². The van der Waals surface area contributed by atoms with Gasteiger partial charge in [0.25, 0.3) is 0 Å². The van der Waals surface area contributed by atoms with Crippen LogP contribution < -0.4 is 4.46 Å². The van der Waals surface area contributed by atoms with Crippen LogP contribution in [0, 0.1) is 5.92 Å². The second-order valence-corrected chi connectivity index (χ2v) is 8.07. The summed E-state index contributed by atoms with van der Waals surface area (Å²) in [6, 6.07) is 11.1. The number of rotatable bonds is 6. The van der Waals surface area contributed by atoms with Gasteiger partial charge in [-0.2, -0.15) is 0 Å². The third-order valence-electron chi connectivity index (χ3n) is 3.84. The van der Waals surface area contributed by atoms with E-state index < -0.39 is 0 Å². The second-order valence-electron chi connectivity index (χ2n) is 5.55. The molecular weight excluding hydrogens is 295 g/mol. The molecule has 0 bridgehead atoms. The fourth-order valence-corrected chi connectivity index (χ4v) is 5.04. The summed E-state index contributed by atoms with van der Waals surface area (Å²) in [5.41, 5.74) is 0. The van der Waals surface area contributed by atoms with E-state index in [0.29, 0.717) is 15.0 Å². The zero-order valence-corrected chi connectivity index (χ0v) is 13.8. The molecule has 1 aliphatic carbocycles. The Kier molecular flexibility index (Phi) is 6.74. The minimum absolute atomic E-state index is 0.549. The maximum absolute atomic E-state index is 2.65.